The summed E-state index contributed by atoms with van der Waals surface area (Å²) < 4.78 is 15.7. The summed E-state index contributed by atoms with van der Waals surface area (Å²) in [5.74, 6) is 0.569. The monoisotopic (exact) mass is 344 g/mol. The number of hydrogen-bond acceptors (Lipinski definition) is 3. The summed E-state index contributed by atoms with van der Waals surface area (Å²) in [6.45, 7) is 3.48. The van der Waals surface area contributed by atoms with Crippen LogP contribution in [0.15, 0.2) is 36.7 Å². The second-order valence-corrected chi connectivity index (χ2v) is 7.24. The highest BCUT2D eigenvalue weighted by Gasteiger charge is 2.43. The molecule has 1 aromatic heterocycles. The van der Waals surface area contributed by atoms with Gasteiger partial charge in [0.2, 0.25) is 5.91 Å². The molecular formula is C19H25FN4O. The van der Waals surface area contributed by atoms with Gasteiger partial charge in [-0.25, -0.2) is 9.37 Å². The van der Waals surface area contributed by atoms with Crippen molar-refractivity contribution in [1.29, 1.82) is 0 Å². The molecule has 1 aliphatic carbocycles. The van der Waals surface area contributed by atoms with Crippen LogP contribution in [0.4, 0.5) is 4.39 Å². The van der Waals surface area contributed by atoms with Gasteiger partial charge < -0.3 is 9.88 Å². The molecule has 1 saturated carbocycles. The van der Waals surface area contributed by atoms with Gasteiger partial charge in [0.15, 0.2) is 0 Å². The van der Waals surface area contributed by atoms with Crippen LogP contribution in [0, 0.1) is 18.2 Å². The first-order valence-electron chi connectivity index (χ1n) is 8.58. The van der Waals surface area contributed by atoms with Crippen molar-refractivity contribution in [2.45, 2.75) is 32.4 Å². The van der Waals surface area contributed by atoms with Crippen LogP contribution in [-0.4, -0.2) is 41.0 Å². The number of benzene rings is 1. The van der Waals surface area contributed by atoms with Crippen molar-refractivity contribution in [3.63, 3.8) is 0 Å². The van der Waals surface area contributed by atoms with Crippen LogP contribution in [0.5, 0.6) is 0 Å². The lowest BCUT2D eigenvalue weighted by atomic mass is 10.0. The van der Waals surface area contributed by atoms with E-state index < -0.39 is 6.04 Å². The molecule has 0 radical (unpaired) electrons. The highest BCUT2D eigenvalue weighted by molar-refractivity contribution is 5.83. The topological polar surface area (TPSA) is 50.2 Å². The number of hydrogen-bond donors (Lipinski definition) is 1. The molecule has 0 unspecified atom stereocenters. The minimum Gasteiger partial charge on any atom is -0.354 e. The van der Waals surface area contributed by atoms with Gasteiger partial charge in [0.1, 0.15) is 17.7 Å². The lowest BCUT2D eigenvalue weighted by Gasteiger charge is -2.25. The van der Waals surface area contributed by atoms with E-state index in [1.54, 1.807) is 18.3 Å². The van der Waals surface area contributed by atoms with Gasteiger partial charge in [-0.05, 0) is 51.6 Å². The van der Waals surface area contributed by atoms with Gasteiger partial charge in [0.25, 0.3) is 0 Å². The summed E-state index contributed by atoms with van der Waals surface area (Å²) in [7, 11) is 3.66. The van der Waals surface area contributed by atoms with Crippen molar-refractivity contribution in [2.75, 3.05) is 20.6 Å². The number of halogens is 1. The van der Waals surface area contributed by atoms with E-state index in [1.165, 1.54) is 12.1 Å². The molecule has 1 aromatic carbocycles. The Morgan fingerprint density at radius 1 is 1.44 bits per heavy atom. The van der Waals surface area contributed by atoms with Crippen LogP contribution in [0.25, 0.3) is 0 Å². The number of likely N-dealkylation sites (N-methyl/N-ethyl adjacent to an activating group) is 1. The molecule has 1 atom stereocenters. The van der Waals surface area contributed by atoms with Crippen molar-refractivity contribution in [3.05, 3.63) is 53.9 Å². The maximum atomic E-state index is 13.5. The Balaban J connectivity index is 1.65. The third-order valence-corrected chi connectivity index (χ3v) is 4.95. The van der Waals surface area contributed by atoms with Gasteiger partial charge in [-0.15, -0.1) is 0 Å². The zero-order valence-corrected chi connectivity index (χ0v) is 15.0. The number of amides is 1. The Bertz CT molecular complexity index is 751. The fraction of sp³-hybridized carbons (Fsp3) is 0.474. The van der Waals surface area contributed by atoms with E-state index >= 15 is 0 Å². The van der Waals surface area contributed by atoms with Crippen LogP contribution >= 0.6 is 0 Å². The lowest BCUT2D eigenvalue weighted by Crippen LogP contribution is -2.40. The number of aryl methyl sites for hydroxylation is 1. The number of carbonyl (C=O) groups is 1. The third-order valence-electron chi connectivity index (χ3n) is 4.95. The number of imidazole rings is 1. The van der Waals surface area contributed by atoms with E-state index in [4.69, 9.17) is 0 Å². The number of aromatic nitrogens is 2. The van der Waals surface area contributed by atoms with Crippen LogP contribution in [-0.2, 0) is 11.3 Å². The summed E-state index contributed by atoms with van der Waals surface area (Å²) in [5.41, 5.74) is 0.776. The number of carbonyl (C=O) groups excluding carboxylic acids is 1. The largest absolute Gasteiger partial charge is 0.354 e. The van der Waals surface area contributed by atoms with Crippen LogP contribution in [0.3, 0.4) is 0 Å². The molecule has 2 aromatic rings. The minimum atomic E-state index is -0.499. The molecule has 1 N–H and O–H groups in total. The van der Waals surface area contributed by atoms with E-state index in [1.807, 2.05) is 32.1 Å². The smallest absolute Gasteiger partial charge is 0.241 e. The van der Waals surface area contributed by atoms with E-state index in [2.05, 4.69) is 14.9 Å². The molecule has 1 heterocycles. The standard InChI is InChI=1S/C19H25FN4O/c1-14-21-9-10-24(14)13-19(7-8-19)12-22-18(25)17(23(2)3)15-5-4-6-16(20)11-15/h4-6,9-11,17H,7-8,12-13H2,1-3H3,(H,22,25)/t17-/m1/s1. The molecule has 5 nitrogen and oxygen atoms in total. The molecular weight excluding hydrogens is 319 g/mol. The molecule has 25 heavy (non-hydrogen) atoms. The molecule has 3 rings (SSSR count). The lowest BCUT2D eigenvalue weighted by molar-refractivity contribution is -0.126. The summed E-state index contributed by atoms with van der Waals surface area (Å²) in [6, 6.07) is 5.74. The average molecular weight is 344 g/mol. The molecule has 0 aliphatic heterocycles. The van der Waals surface area contributed by atoms with Crippen LogP contribution in [0.2, 0.25) is 0 Å². The molecule has 6 heteroatoms. The van der Waals surface area contributed by atoms with Crippen molar-refractivity contribution >= 4 is 5.91 Å². The Morgan fingerprint density at radius 3 is 2.76 bits per heavy atom. The van der Waals surface area contributed by atoms with Gasteiger partial charge in [0.05, 0.1) is 0 Å². The van der Waals surface area contributed by atoms with Crippen molar-refractivity contribution in [1.82, 2.24) is 19.8 Å². The number of rotatable bonds is 7. The first-order valence-corrected chi connectivity index (χ1v) is 8.58. The van der Waals surface area contributed by atoms with Gasteiger partial charge in [-0.2, -0.15) is 0 Å². The van der Waals surface area contributed by atoms with Gasteiger partial charge >= 0.3 is 0 Å². The zero-order valence-electron chi connectivity index (χ0n) is 15.0. The molecule has 1 amide bonds. The summed E-state index contributed by atoms with van der Waals surface area (Å²) in [4.78, 5) is 18.8. The minimum absolute atomic E-state index is 0.0933. The Morgan fingerprint density at radius 2 is 2.20 bits per heavy atom. The van der Waals surface area contributed by atoms with Crippen molar-refractivity contribution < 1.29 is 9.18 Å². The highest BCUT2D eigenvalue weighted by atomic mass is 19.1. The fourth-order valence-corrected chi connectivity index (χ4v) is 3.23. The summed E-state index contributed by atoms with van der Waals surface area (Å²) >= 11 is 0. The first kappa shape index (κ1) is 17.6. The Hall–Kier alpha value is -2.21. The molecule has 0 bridgehead atoms. The van der Waals surface area contributed by atoms with Crippen molar-refractivity contribution in [2.24, 2.45) is 5.41 Å². The van der Waals surface area contributed by atoms with E-state index in [9.17, 15) is 9.18 Å². The Labute approximate surface area is 147 Å². The van der Waals surface area contributed by atoms with E-state index in [0.717, 1.165) is 25.2 Å². The fourth-order valence-electron chi connectivity index (χ4n) is 3.23. The molecule has 134 valence electrons. The van der Waals surface area contributed by atoms with Crippen molar-refractivity contribution in [3.8, 4) is 0 Å². The third kappa shape index (κ3) is 4.07. The molecule has 1 aliphatic rings. The first-order chi connectivity index (χ1) is 11.9. The number of nitrogens with one attached hydrogen (secondary N) is 1. The normalized spacial score (nSPS) is 16.7. The quantitative estimate of drug-likeness (QED) is 0.840. The summed E-state index contributed by atoms with van der Waals surface area (Å²) in [5, 5.41) is 3.08. The Kier molecular flexibility index (Phi) is 4.90. The van der Waals surface area contributed by atoms with E-state index in [0.29, 0.717) is 12.1 Å². The van der Waals surface area contributed by atoms with Crippen LogP contribution in [0.1, 0.15) is 30.3 Å². The highest BCUT2D eigenvalue weighted by Crippen LogP contribution is 2.46. The predicted molar refractivity (Wildman–Crippen MR) is 94.5 cm³/mol. The average Bonchev–Trinajstić information content (AvgIpc) is 3.21. The second kappa shape index (κ2) is 6.96. The second-order valence-electron chi connectivity index (χ2n) is 7.24. The summed E-state index contributed by atoms with van der Waals surface area (Å²) in [6.07, 6.45) is 5.97. The predicted octanol–water partition coefficient (Wildman–Crippen LogP) is 2.53. The van der Waals surface area contributed by atoms with Gasteiger partial charge in [0, 0.05) is 30.9 Å². The maximum Gasteiger partial charge on any atom is 0.241 e. The van der Waals surface area contributed by atoms with Gasteiger partial charge in [-0.1, -0.05) is 12.1 Å². The van der Waals surface area contributed by atoms with Gasteiger partial charge in [-0.3, -0.25) is 9.69 Å². The van der Waals surface area contributed by atoms with E-state index in [-0.39, 0.29) is 17.1 Å². The van der Waals surface area contributed by atoms with Crippen LogP contribution < -0.4 is 5.32 Å². The maximum absolute atomic E-state index is 13.5. The molecule has 0 saturated heterocycles. The molecule has 1 fully saturated rings. The molecule has 0 spiro atoms. The number of nitrogens with zero attached hydrogens (tertiary/aromatic N) is 3. The SMILES string of the molecule is Cc1nccn1CC1(CNC(=O)[C@@H](c2cccc(F)c2)N(C)C)CC1. The zero-order chi connectivity index (χ0) is 18.0.